The predicted octanol–water partition coefficient (Wildman–Crippen LogP) is 2.45. The topological polar surface area (TPSA) is 62.1 Å². The summed E-state index contributed by atoms with van der Waals surface area (Å²) in [6.07, 6.45) is 2.74. The van der Waals surface area contributed by atoms with E-state index in [2.05, 4.69) is 5.16 Å². The van der Waals surface area contributed by atoms with Gasteiger partial charge in [0.25, 0.3) is 5.91 Å². The van der Waals surface area contributed by atoms with Crippen LogP contribution in [0.2, 0.25) is 0 Å². The predicted molar refractivity (Wildman–Crippen MR) is 81.1 cm³/mol. The molecule has 21 heavy (non-hydrogen) atoms. The normalized spacial score (nSPS) is 15.6. The average Bonchev–Trinajstić information content (AvgIpc) is 2.53. The lowest BCUT2D eigenvalue weighted by Crippen LogP contribution is -2.34. The molecule has 0 saturated carbocycles. The van der Waals surface area contributed by atoms with E-state index < -0.39 is 0 Å². The van der Waals surface area contributed by atoms with Crippen molar-refractivity contribution in [1.29, 1.82) is 0 Å². The number of carbonyl (C=O) groups is 1. The highest BCUT2D eigenvalue weighted by atomic mass is 16.5. The van der Waals surface area contributed by atoms with E-state index in [1.54, 1.807) is 4.90 Å². The first kappa shape index (κ1) is 15.4. The number of carbonyl (C=O) groups excluding carboxylic acids is 1. The average molecular weight is 290 g/mol. The van der Waals surface area contributed by atoms with Gasteiger partial charge in [-0.25, -0.2) is 0 Å². The number of benzene rings is 1. The molecule has 0 fully saturated rings. The van der Waals surface area contributed by atoms with Crippen LogP contribution in [-0.4, -0.2) is 41.4 Å². The standard InChI is InChI=1S/C16H22N2O3/c1-3-18(4-2)16(19)11-21-13-9-8-12-6-5-7-15(17-20)14(12)10-13/h8-10,20H,3-7,11H2,1-2H3/b17-15-. The fraction of sp³-hybridized carbons (Fsp3) is 0.500. The molecule has 0 saturated heterocycles. The van der Waals surface area contributed by atoms with Crippen molar-refractivity contribution in [2.75, 3.05) is 19.7 Å². The van der Waals surface area contributed by atoms with Gasteiger partial charge in [-0.05, 0) is 50.8 Å². The molecule has 1 amide bonds. The summed E-state index contributed by atoms with van der Waals surface area (Å²) in [4.78, 5) is 13.7. The molecule has 0 aliphatic heterocycles. The van der Waals surface area contributed by atoms with Gasteiger partial charge < -0.3 is 14.8 Å². The number of ether oxygens (including phenoxy) is 1. The van der Waals surface area contributed by atoms with Gasteiger partial charge in [-0.1, -0.05) is 11.2 Å². The number of hydrogen-bond donors (Lipinski definition) is 1. The highest BCUT2D eigenvalue weighted by molar-refractivity contribution is 6.02. The van der Waals surface area contributed by atoms with Crippen molar-refractivity contribution in [3.63, 3.8) is 0 Å². The largest absolute Gasteiger partial charge is 0.484 e. The second-order valence-electron chi connectivity index (χ2n) is 5.07. The second kappa shape index (κ2) is 7.11. The Kier molecular flexibility index (Phi) is 5.20. The summed E-state index contributed by atoms with van der Waals surface area (Å²) >= 11 is 0. The highest BCUT2D eigenvalue weighted by Crippen LogP contribution is 2.26. The molecule has 0 bridgehead atoms. The second-order valence-corrected chi connectivity index (χ2v) is 5.07. The molecular formula is C16H22N2O3. The lowest BCUT2D eigenvalue weighted by Gasteiger charge is -2.20. The number of aryl methyl sites for hydroxylation is 1. The zero-order chi connectivity index (χ0) is 15.2. The monoisotopic (exact) mass is 290 g/mol. The molecular weight excluding hydrogens is 268 g/mol. The molecule has 0 aromatic heterocycles. The SMILES string of the molecule is CCN(CC)C(=O)COc1ccc2c(c1)/C(=N\O)CCC2. The van der Waals surface area contributed by atoms with Crippen LogP contribution in [0.3, 0.4) is 0 Å². The van der Waals surface area contributed by atoms with E-state index in [0.29, 0.717) is 24.6 Å². The van der Waals surface area contributed by atoms with Crippen LogP contribution in [0.15, 0.2) is 23.4 Å². The molecule has 5 heteroatoms. The summed E-state index contributed by atoms with van der Waals surface area (Å²) in [7, 11) is 0. The summed E-state index contributed by atoms with van der Waals surface area (Å²) in [5.74, 6) is 0.617. The number of hydrogen-bond acceptors (Lipinski definition) is 4. The molecule has 0 heterocycles. The fourth-order valence-corrected chi connectivity index (χ4v) is 2.63. The number of amides is 1. The quantitative estimate of drug-likeness (QED) is 0.669. The van der Waals surface area contributed by atoms with Gasteiger partial charge >= 0.3 is 0 Å². The van der Waals surface area contributed by atoms with Crippen LogP contribution < -0.4 is 4.74 Å². The van der Waals surface area contributed by atoms with Gasteiger partial charge in [-0.2, -0.15) is 0 Å². The summed E-state index contributed by atoms with van der Waals surface area (Å²) in [6.45, 7) is 5.30. The van der Waals surface area contributed by atoms with Gasteiger partial charge in [-0.15, -0.1) is 0 Å². The highest BCUT2D eigenvalue weighted by Gasteiger charge is 2.17. The van der Waals surface area contributed by atoms with Crippen LogP contribution in [0.5, 0.6) is 5.75 Å². The van der Waals surface area contributed by atoms with E-state index in [1.807, 2.05) is 32.0 Å². The van der Waals surface area contributed by atoms with E-state index in [-0.39, 0.29) is 12.5 Å². The maximum absolute atomic E-state index is 11.9. The first-order valence-electron chi connectivity index (χ1n) is 7.44. The molecule has 1 N–H and O–H groups in total. The van der Waals surface area contributed by atoms with Crippen molar-refractivity contribution in [3.05, 3.63) is 29.3 Å². The molecule has 0 unspecified atom stereocenters. The maximum Gasteiger partial charge on any atom is 0.260 e. The Labute approximate surface area is 125 Å². The molecule has 1 aromatic rings. The summed E-state index contributed by atoms with van der Waals surface area (Å²) in [5, 5.41) is 12.4. The van der Waals surface area contributed by atoms with Crippen LogP contribution in [0.1, 0.15) is 37.8 Å². The Morgan fingerprint density at radius 3 is 2.76 bits per heavy atom. The van der Waals surface area contributed by atoms with E-state index >= 15 is 0 Å². The maximum atomic E-state index is 11.9. The Hall–Kier alpha value is -2.04. The molecule has 0 spiro atoms. The number of rotatable bonds is 5. The third kappa shape index (κ3) is 3.54. The summed E-state index contributed by atoms with van der Waals surface area (Å²) < 4.78 is 5.58. The van der Waals surface area contributed by atoms with Crippen LogP contribution >= 0.6 is 0 Å². The minimum Gasteiger partial charge on any atom is -0.484 e. The number of oxime groups is 1. The number of likely N-dealkylation sites (N-methyl/N-ethyl adjacent to an activating group) is 1. The number of fused-ring (bicyclic) bond motifs is 1. The van der Waals surface area contributed by atoms with Crippen molar-refractivity contribution in [2.24, 2.45) is 5.16 Å². The Bertz CT molecular complexity index is 536. The molecule has 1 aliphatic carbocycles. The van der Waals surface area contributed by atoms with Crippen LogP contribution in [0.25, 0.3) is 0 Å². The van der Waals surface area contributed by atoms with Gasteiger partial charge in [0.05, 0.1) is 5.71 Å². The Morgan fingerprint density at radius 1 is 1.33 bits per heavy atom. The molecule has 1 aromatic carbocycles. The van der Waals surface area contributed by atoms with Crippen molar-refractivity contribution < 1.29 is 14.7 Å². The van der Waals surface area contributed by atoms with Crippen LogP contribution in [0, 0.1) is 0 Å². The Balaban J connectivity index is 2.07. The summed E-state index contributed by atoms with van der Waals surface area (Å²) in [5.41, 5.74) is 2.78. The van der Waals surface area contributed by atoms with Crippen molar-refractivity contribution >= 4 is 11.6 Å². The number of nitrogens with zero attached hydrogens (tertiary/aromatic N) is 2. The molecule has 1 aliphatic rings. The minimum atomic E-state index is -0.0197. The van der Waals surface area contributed by atoms with Gasteiger partial charge in [0, 0.05) is 18.7 Å². The zero-order valence-electron chi connectivity index (χ0n) is 12.6. The molecule has 2 rings (SSSR count). The fourth-order valence-electron chi connectivity index (χ4n) is 2.63. The minimum absolute atomic E-state index is 0.0197. The lowest BCUT2D eigenvalue weighted by molar-refractivity contribution is -0.132. The molecule has 5 nitrogen and oxygen atoms in total. The van der Waals surface area contributed by atoms with Crippen molar-refractivity contribution in [1.82, 2.24) is 4.90 Å². The third-order valence-electron chi connectivity index (χ3n) is 3.85. The smallest absolute Gasteiger partial charge is 0.260 e. The first-order valence-corrected chi connectivity index (χ1v) is 7.44. The molecule has 0 atom stereocenters. The van der Waals surface area contributed by atoms with Gasteiger partial charge in [0.15, 0.2) is 6.61 Å². The van der Waals surface area contributed by atoms with E-state index in [0.717, 1.165) is 30.4 Å². The van der Waals surface area contributed by atoms with Crippen LogP contribution in [0.4, 0.5) is 0 Å². The Morgan fingerprint density at radius 2 is 2.10 bits per heavy atom. The van der Waals surface area contributed by atoms with E-state index in [4.69, 9.17) is 9.94 Å². The van der Waals surface area contributed by atoms with E-state index in [9.17, 15) is 4.79 Å². The first-order chi connectivity index (χ1) is 10.2. The summed E-state index contributed by atoms with van der Waals surface area (Å²) in [6, 6.07) is 5.71. The van der Waals surface area contributed by atoms with Gasteiger partial charge in [-0.3, -0.25) is 4.79 Å². The molecule has 114 valence electrons. The van der Waals surface area contributed by atoms with Crippen molar-refractivity contribution in [2.45, 2.75) is 33.1 Å². The third-order valence-corrected chi connectivity index (χ3v) is 3.85. The lowest BCUT2D eigenvalue weighted by atomic mass is 9.90. The van der Waals surface area contributed by atoms with E-state index in [1.165, 1.54) is 0 Å². The van der Waals surface area contributed by atoms with Gasteiger partial charge in [0.2, 0.25) is 0 Å². The van der Waals surface area contributed by atoms with Gasteiger partial charge in [0.1, 0.15) is 5.75 Å². The van der Waals surface area contributed by atoms with Crippen molar-refractivity contribution in [3.8, 4) is 5.75 Å². The van der Waals surface area contributed by atoms with Crippen LogP contribution in [-0.2, 0) is 11.2 Å². The molecule has 0 radical (unpaired) electrons. The zero-order valence-corrected chi connectivity index (χ0v) is 12.6.